The smallest absolute Gasteiger partial charge is 0.411 e. The highest BCUT2D eigenvalue weighted by Crippen LogP contribution is 2.36. The van der Waals surface area contributed by atoms with Gasteiger partial charge in [-0.2, -0.15) is 0 Å². The Hall–Kier alpha value is -2.28. The quantitative estimate of drug-likeness (QED) is 0.693. The van der Waals surface area contributed by atoms with Crippen molar-refractivity contribution in [3.05, 3.63) is 34.6 Å². The van der Waals surface area contributed by atoms with Crippen molar-refractivity contribution in [3.63, 3.8) is 0 Å². The molecule has 0 bridgehead atoms. The molecule has 1 unspecified atom stereocenters. The number of carbonyl (C=O) groups excluding carboxylic acids is 1. The van der Waals surface area contributed by atoms with Gasteiger partial charge in [-0.15, -0.1) is 0 Å². The fourth-order valence-corrected chi connectivity index (χ4v) is 2.87. The summed E-state index contributed by atoms with van der Waals surface area (Å²) >= 11 is 6.15. The Morgan fingerprint density at radius 2 is 2.11 bits per heavy atom. The Kier molecular flexibility index (Phi) is 6.70. The second-order valence-electron chi connectivity index (χ2n) is 7.53. The number of nitrogens with zero attached hydrogens (tertiary/aromatic N) is 2. The van der Waals surface area contributed by atoms with E-state index in [1.165, 1.54) is 0 Å². The second kappa shape index (κ2) is 8.61. The van der Waals surface area contributed by atoms with Gasteiger partial charge in [0, 0.05) is 12.6 Å². The van der Waals surface area contributed by atoms with E-state index < -0.39 is 11.7 Å². The lowest BCUT2D eigenvalue weighted by Crippen LogP contribution is -2.39. The van der Waals surface area contributed by atoms with Crippen molar-refractivity contribution >= 4 is 29.9 Å². The van der Waals surface area contributed by atoms with Gasteiger partial charge in [-0.1, -0.05) is 17.7 Å². The van der Waals surface area contributed by atoms with Crippen LogP contribution in [0.2, 0.25) is 5.15 Å². The molecule has 7 nitrogen and oxygen atoms in total. The van der Waals surface area contributed by atoms with E-state index in [0.717, 1.165) is 18.4 Å². The van der Waals surface area contributed by atoms with E-state index in [4.69, 9.17) is 21.4 Å². The minimum Gasteiger partial charge on any atom is -0.465 e. The second-order valence-corrected chi connectivity index (χ2v) is 7.92. The number of hydrogen-bond acceptors (Lipinski definition) is 4. The molecule has 148 valence electrons. The van der Waals surface area contributed by atoms with Gasteiger partial charge in [-0.3, -0.25) is 4.90 Å². The van der Waals surface area contributed by atoms with Crippen LogP contribution in [0.15, 0.2) is 18.2 Å². The summed E-state index contributed by atoms with van der Waals surface area (Å²) in [6.07, 6.45) is 3.81. The largest absolute Gasteiger partial charge is 0.465 e. The van der Waals surface area contributed by atoms with Gasteiger partial charge in [-0.05, 0) is 64.3 Å². The van der Waals surface area contributed by atoms with Crippen molar-refractivity contribution in [1.82, 2.24) is 15.2 Å². The molecule has 1 heterocycles. The van der Waals surface area contributed by atoms with Gasteiger partial charge in [0.05, 0.1) is 11.7 Å². The van der Waals surface area contributed by atoms with Crippen LogP contribution < -0.4 is 5.32 Å². The third kappa shape index (κ3) is 6.75. The topological polar surface area (TPSA) is 91.8 Å². The number of hydrogen-bond donors (Lipinski definition) is 2. The molecule has 2 amide bonds. The molecule has 2 N–H and O–H groups in total. The fraction of sp³-hybridized carbons (Fsp3) is 0.526. The van der Waals surface area contributed by atoms with Crippen LogP contribution in [0.1, 0.15) is 57.8 Å². The van der Waals surface area contributed by atoms with Gasteiger partial charge < -0.3 is 15.2 Å². The van der Waals surface area contributed by atoms with Gasteiger partial charge in [-0.25, -0.2) is 14.6 Å². The highest BCUT2D eigenvalue weighted by atomic mass is 35.5. The lowest BCUT2D eigenvalue weighted by atomic mass is 10.1. The number of carbonyl (C=O) groups is 2. The first-order chi connectivity index (χ1) is 12.6. The average molecular weight is 396 g/mol. The minimum atomic E-state index is -1.09. The zero-order chi connectivity index (χ0) is 20.2. The molecule has 27 heavy (non-hydrogen) atoms. The maximum atomic E-state index is 12.7. The van der Waals surface area contributed by atoms with E-state index >= 15 is 0 Å². The van der Waals surface area contributed by atoms with E-state index in [0.29, 0.717) is 10.8 Å². The maximum absolute atomic E-state index is 12.7. The van der Waals surface area contributed by atoms with Gasteiger partial charge >= 0.3 is 12.2 Å². The first-order valence-electron chi connectivity index (χ1n) is 8.89. The van der Waals surface area contributed by atoms with E-state index in [-0.39, 0.29) is 24.7 Å². The molecular formula is C19H26ClN3O4. The number of pyridine rings is 1. The van der Waals surface area contributed by atoms with Gasteiger partial charge in [0.25, 0.3) is 0 Å². The van der Waals surface area contributed by atoms with Crippen molar-refractivity contribution in [3.8, 4) is 0 Å². The number of carboxylic acid groups (broad SMARTS) is 1. The van der Waals surface area contributed by atoms with Crippen molar-refractivity contribution in [1.29, 1.82) is 0 Å². The van der Waals surface area contributed by atoms with Crippen LogP contribution in [0.5, 0.6) is 0 Å². The molecule has 0 spiro atoms. The van der Waals surface area contributed by atoms with Gasteiger partial charge in [0.1, 0.15) is 10.8 Å². The molecule has 1 aromatic heterocycles. The van der Waals surface area contributed by atoms with Crippen molar-refractivity contribution in [2.75, 3.05) is 6.54 Å². The van der Waals surface area contributed by atoms with Crippen LogP contribution in [0, 0.1) is 0 Å². The van der Waals surface area contributed by atoms with E-state index in [9.17, 15) is 9.59 Å². The van der Waals surface area contributed by atoms with Crippen molar-refractivity contribution in [2.24, 2.45) is 0 Å². The van der Waals surface area contributed by atoms with E-state index in [1.54, 1.807) is 23.1 Å². The number of nitrogens with one attached hydrogen (secondary N) is 1. The Morgan fingerprint density at radius 1 is 1.44 bits per heavy atom. The third-order valence-corrected chi connectivity index (χ3v) is 4.13. The summed E-state index contributed by atoms with van der Waals surface area (Å²) < 4.78 is 5.57. The number of halogens is 1. The fourth-order valence-electron chi connectivity index (χ4n) is 2.64. The molecule has 0 radical (unpaired) electrons. The maximum Gasteiger partial charge on any atom is 0.411 e. The molecule has 1 atom stereocenters. The lowest BCUT2D eigenvalue weighted by Gasteiger charge is -2.32. The summed E-state index contributed by atoms with van der Waals surface area (Å²) in [7, 11) is 0. The molecule has 1 aliphatic carbocycles. The molecule has 0 aromatic carbocycles. The molecular weight excluding hydrogens is 370 g/mol. The van der Waals surface area contributed by atoms with Gasteiger partial charge in [0.15, 0.2) is 0 Å². The van der Waals surface area contributed by atoms with Crippen LogP contribution in [0.3, 0.4) is 0 Å². The molecule has 1 aliphatic rings. The highest BCUT2D eigenvalue weighted by Gasteiger charge is 2.38. The Balaban J connectivity index is 2.19. The predicted molar refractivity (Wildman–Crippen MR) is 104 cm³/mol. The number of ether oxygens (including phenoxy) is 1. The molecule has 8 heteroatoms. The Labute approximate surface area is 164 Å². The molecule has 0 saturated heterocycles. The van der Waals surface area contributed by atoms with Crippen LogP contribution in [-0.2, 0) is 4.74 Å². The molecule has 1 saturated carbocycles. The van der Waals surface area contributed by atoms with Crippen molar-refractivity contribution in [2.45, 2.75) is 58.2 Å². The SMILES string of the molecule is CC(c1cc(Cl)nc(/C=C/CNC(=O)O)c1)N(C(=O)OC(C)(C)C)C1CC1. The number of rotatable bonds is 6. The van der Waals surface area contributed by atoms with E-state index in [1.807, 2.05) is 33.8 Å². The number of amides is 2. The Bertz CT molecular complexity index is 726. The normalized spacial score (nSPS) is 15.4. The predicted octanol–water partition coefficient (Wildman–Crippen LogP) is 4.48. The molecule has 1 fully saturated rings. The zero-order valence-corrected chi connectivity index (χ0v) is 16.8. The first-order valence-corrected chi connectivity index (χ1v) is 9.27. The van der Waals surface area contributed by atoms with Crippen LogP contribution >= 0.6 is 11.6 Å². The molecule has 1 aromatic rings. The minimum absolute atomic E-state index is 0.167. The average Bonchev–Trinajstić information content (AvgIpc) is 3.34. The monoisotopic (exact) mass is 395 g/mol. The third-order valence-electron chi connectivity index (χ3n) is 3.94. The number of aromatic nitrogens is 1. The standard InChI is InChI=1S/C19H26ClN3O4/c1-12(23(15-7-8-15)18(26)27-19(2,3)4)13-10-14(22-16(20)11-13)6-5-9-21-17(24)25/h5-6,10-12,15,21H,7-9H2,1-4H3,(H,24,25)/b6-5+. The first kappa shape index (κ1) is 21.0. The molecule has 0 aliphatic heterocycles. The van der Waals surface area contributed by atoms with Crippen LogP contribution in [0.25, 0.3) is 6.08 Å². The van der Waals surface area contributed by atoms with Crippen molar-refractivity contribution < 1.29 is 19.4 Å². The zero-order valence-electron chi connectivity index (χ0n) is 16.0. The summed E-state index contributed by atoms with van der Waals surface area (Å²) in [5.74, 6) is 0. The molecule has 2 rings (SSSR count). The van der Waals surface area contributed by atoms with Crippen LogP contribution in [-0.4, -0.2) is 45.4 Å². The highest BCUT2D eigenvalue weighted by molar-refractivity contribution is 6.29. The summed E-state index contributed by atoms with van der Waals surface area (Å²) in [6.45, 7) is 7.64. The summed E-state index contributed by atoms with van der Waals surface area (Å²) in [5, 5.41) is 11.1. The summed E-state index contributed by atoms with van der Waals surface area (Å²) in [6, 6.07) is 3.52. The summed E-state index contributed by atoms with van der Waals surface area (Å²) in [4.78, 5) is 29.1. The summed E-state index contributed by atoms with van der Waals surface area (Å²) in [5.41, 5.74) is 0.875. The van der Waals surface area contributed by atoms with Gasteiger partial charge in [0.2, 0.25) is 0 Å². The lowest BCUT2D eigenvalue weighted by molar-refractivity contribution is 0.0153. The van der Waals surface area contributed by atoms with Crippen LogP contribution in [0.4, 0.5) is 9.59 Å². The Morgan fingerprint density at radius 3 is 2.67 bits per heavy atom. The van der Waals surface area contributed by atoms with E-state index in [2.05, 4.69) is 10.3 Å².